The van der Waals surface area contributed by atoms with E-state index in [0.717, 1.165) is 23.1 Å². The van der Waals surface area contributed by atoms with E-state index in [1.165, 1.54) is 0 Å². The molecule has 31 heavy (non-hydrogen) atoms. The Balaban J connectivity index is 2.24. The number of aryl methyl sites for hydroxylation is 2. The molecular weight excluding hydrogens is 412 g/mol. The fourth-order valence-electron chi connectivity index (χ4n) is 3.20. The molecule has 2 aromatic carbocycles. The van der Waals surface area contributed by atoms with Crippen LogP contribution < -0.4 is 10.1 Å². The molecule has 0 spiro atoms. The van der Waals surface area contributed by atoms with E-state index >= 15 is 0 Å². The third kappa shape index (κ3) is 7.00. The van der Waals surface area contributed by atoms with Crippen molar-refractivity contribution in [3.05, 3.63) is 64.2 Å². The van der Waals surface area contributed by atoms with Gasteiger partial charge in [-0.15, -0.1) is 0 Å². The quantitative estimate of drug-likeness (QED) is 0.557. The van der Waals surface area contributed by atoms with Crippen molar-refractivity contribution in [1.29, 1.82) is 0 Å². The van der Waals surface area contributed by atoms with Crippen LogP contribution in [-0.4, -0.2) is 35.4 Å². The first-order valence-corrected chi connectivity index (χ1v) is 11.2. The van der Waals surface area contributed by atoms with Crippen LogP contribution >= 0.6 is 11.6 Å². The molecule has 0 bridgehead atoms. The average Bonchev–Trinajstić information content (AvgIpc) is 2.75. The summed E-state index contributed by atoms with van der Waals surface area (Å²) in [6, 6.07) is 12.5. The molecule has 168 valence electrons. The highest BCUT2D eigenvalue weighted by Crippen LogP contribution is 2.21. The summed E-state index contributed by atoms with van der Waals surface area (Å²) in [7, 11) is 0. The maximum absolute atomic E-state index is 13.2. The number of carbonyl (C=O) groups is 2. The molecule has 0 fully saturated rings. The van der Waals surface area contributed by atoms with Crippen LogP contribution in [0, 0.1) is 13.8 Å². The maximum atomic E-state index is 13.2. The second-order valence-electron chi connectivity index (χ2n) is 7.89. The van der Waals surface area contributed by atoms with Crippen molar-refractivity contribution in [2.75, 3.05) is 6.61 Å². The third-order valence-corrected chi connectivity index (χ3v) is 5.89. The largest absolute Gasteiger partial charge is 0.484 e. The number of amides is 2. The monoisotopic (exact) mass is 444 g/mol. The predicted molar refractivity (Wildman–Crippen MR) is 125 cm³/mol. The van der Waals surface area contributed by atoms with Crippen molar-refractivity contribution in [2.45, 2.75) is 66.1 Å². The molecule has 2 aromatic rings. The summed E-state index contributed by atoms with van der Waals surface area (Å²) in [5.74, 6) is 0.207. The lowest BCUT2D eigenvalue weighted by Gasteiger charge is -2.31. The minimum atomic E-state index is -0.610. The van der Waals surface area contributed by atoms with Gasteiger partial charge in [0, 0.05) is 17.6 Å². The highest BCUT2D eigenvalue weighted by Gasteiger charge is 2.30. The Morgan fingerprint density at radius 1 is 1.06 bits per heavy atom. The smallest absolute Gasteiger partial charge is 0.261 e. The Labute approximate surface area is 190 Å². The van der Waals surface area contributed by atoms with E-state index in [4.69, 9.17) is 16.3 Å². The number of rotatable bonds is 10. The molecule has 2 atom stereocenters. The number of hydrogen-bond acceptors (Lipinski definition) is 3. The zero-order valence-corrected chi connectivity index (χ0v) is 19.8. The lowest BCUT2D eigenvalue weighted by atomic mass is 10.1. The lowest BCUT2D eigenvalue weighted by Crippen LogP contribution is -2.51. The Morgan fingerprint density at radius 3 is 2.39 bits per heavy atom. The van der Waals surface area contributed by atoms with Gasteiger partial charge in [-0.2, -0.15) is 0 Å². The van der Waals surface area contributed by atoms with Gasteiger partial charge in [-0.25, -0.2) is 0 Å². The van der Waals surface area contributed by atoms with Crippen LogP contribution in [0.3, 0.4) is 0 Å². The van der Waals surface area contributed by atoms with Crippen LogP contribution in [0.1, 0.15) is 50.3 Å². The van der Waals surface area contributed by atoms with E-state index < -0.39 is 6.04 Å². The van der Waals surface area contributed by atoms with Gasteiger partial charge in [0.15, 0.2) is 6.61 Å². The summed E-state index contributed by atoms with van der Waals surface area (Å²) in [6.07, 6.45) is 1.30. The Hall–Kier alpha value is -2.53. The number of ether oxygens (including phenoxy) is 1. The molecule has 5 nitrogen and oxygen atoms in total. The van der Waals surface area contributed by atoms with Gasteiger partial charge < -0.3 is 15.0 Å². The van der Waals surface area contributed by atoms with Gasteiger partial charge in [0.25, 0.3) is 5.91 Å². The second kappa shape index (κ2) is 11.8. The van der Waals surface area contributed by atoms with Crippen LogP contribution in [0.15, 0.2) is 42.5 Å². The Bertz CT molecular complexity index is 900. The molecule has 0 aliphatic heterocycles. The van der Waals surface area contributed by atoms with Crippen molar-refractivity contribution < 1.29 is 14.3 Å². The highest BCUT2D eigenvalue weighted by molar-refractivity contribution is 6.31. The van der Waals surface area contributed by atoms with Gasteiger partial charge in [0.1, 0.15) is 11.8 Å². The van der Waals surface area contributed by atoms with E-state index in [2.05, 4.69) is 5.32 Å². The van der Waals surface area contributed by atoms with Crippen molar-refractivity contribution in [2.24, 2.45) is 0 Å². The minimum absolute atomic E-state index is 0.0330. The summed E-state index contributed by atoms with van der Waals surface area (Å²) in [5.41, 5.74) is 3.04. The first kappa shape index (κ1) is 24.7. The van der Waals surface area contributed by atoms with Crippen molar-refractivity contribution in [3.63, 3.8) is 0 Å². The normalized spacial score (nSPS) is 12.7. The number of nitrogens with one attached hydrogen (secondary N) is 1. The molecule has 2 rings (SSSR count). The van der Waals surface area contributed by atoms with Crippen LogP contribution in [0.5, 0.6) is 5.75 Å². The predicted octanol–water partition coefficient (Wildman–Crippen LogP) is 5.06. The van der Waals surface area contributed by atoms with Crippen LogP contribution in [0.2, 0.25) is 5.02 Å². The zero-order valence-electron chi connectivity index (χ0n) is 19.1. The van der Waals surface area contributed by atoms with Gasteiger partial charge >= 0.3 is 0 Å². The number of benzene rings is 2. The number of hydrogen-bond donors (Lipinski definition) is 1. The molecule has 2 amide bonds. The van der Waals surface area contributed by atoms with Crippen LogP contribution in [0.25, 0.3) is 0 Å². The fraction of sp³-hybridized carbons (Fsp3) is 0.440. The van der Waals surface area contributed by atoms with Gasteiger partial charge in [-0.1, -0.05) is 49.7 Å². The summed E-state index contributed by atoms with van der Waals surface area (Å²) in [5, 5.41) is 3.56. The third-order valence-electron chi connectivity index (χ3n) is 5.53. The van der Waals surface area contributed by atoms with Gasteiger partial charge in [-0.05, 0) is 68.5 Å². The molecule has 0 aliphatic carbocycles. The van der Waals surface area contributed by atoms with Crippen LogP contribution in [0.4, 0.5) is 0 Å². The second-order valence-corrected chi connectivity index (χ2v) is 8.30. The Morgan fingerprint density at radius 2 is 1.77 bits per heavy atom. The standard InChI is InChI=1S/C25H33ClN2O3/c1-6-19(5)27-25(30)23(7-2)28(15-20-10-8-9-11-22(20)26)24(29)16-31-21-13-12-17(3)18(4)14-21/h8-14,19,23H,6-7,15-16H2,1-5H3,(H,27,30)/t19-,23+/m0/s1. The average molecular weight is 445 g/mol. The maximum Gasteiger partial charge on any atom is 0.261 e. The van der Waals surface area contributed by atoms with E-state index in [0.29, 0.717) is 17.2 Å². The van der Waals surface area contributed by atoms with Gasteiger partial charge in [-0.3, -0.25) is 9.59 Å². The van der Waals surface area contributed by atoms with Crippen molar-refractivity contribution in [1.82, 2.24) is 10.2 Å². The molecule has 1 N–H and O–H groups in total. The molecule has 0 radical (unpaired) electrons. The summed E-state index contributed by atoms with van der Waals surface area (Å²) < 4.78 is 5.77. The zero-order chi connectivity index (χ0) is 23.0. The lowest BCUT2D eigenvalue weighted by molar-refractivity contribution is -0.143. The first-order chi connectivity index (χ1) is 14.8. The summed E-state index contributed by atoms with van der Waals surface area (Å²) in [6.45, 7) is 9.97. The molecule has 0 heterocycles. The van der Waals surface area contributed by atoms with E-state index in [1.807, 2.05) is 71.0 Å². The minimum Gasteiger partial charge on any atom is -0.484 e. The van der Waals surface area contributed by atoms with Crippen LogP contribution in [-0.2, 0) is 16.1 Å². The molecule has 0 unspecified atom stereocenters. The molecule has 0 aromatic heterocycles. The number of nitrogens with zero attached hydrogens (tertiary/aromatic N) is 1. The van der Waals surface area contributed by atoms with E-state index in [-0.39, 0.29) is 31.0 Å². The SMILES string of the molecule is CC[C@H](C(=O)N[C@@H](C)CC)N(Cc1ccccc1Cl)C(=O)COc1ccc(C)c(C)c1. The summed E-state index contributed by atoms with van der Waals surface area (Å²) in [4.78, 5) is 27.7. The van der Waals surface area contributed by atoms with Crippen molar-refractivity contribution in [3.8, 4) is 5.75 Å². The summed E-state index contributed by atoms with van der Waals surface area (Å²) >= 11 is 6.34. The Kier molecular flexibility index (Phi) is 9.38. The number of halogens is 1. The molecular formula is C25H33ClN2O3. The fourth-order valence-corrected chi connectivity index (χ4v) is 3.40. The number of carbonyl (C=O) groups excluding carboxylic acids is 2. The molecule has 0 saturated carbocycles. The first-order valence-electron chi connectivity index (χ1n) is 10.8. The molecule has 6 heteroatoms. The van der Waals surface area contributed by atoms with E-state index in [9.17, 15) is 9.59 Å². The van der Waals surface area contributed by atoms with Gasteiger partial charge in [0.05, 0.1) is 0 Å². The molecule has 0 saturated heterocycles. The van der Waals surface area contributed by atoms with Gasteiger partial charge in [0.2, 0.25) is 5.91 Å². The highest BCUT2D eigenvalue weighted by atomic mass is 35.5. The molecule has 0 aliphatic rings. The topological polar surface area (TPSA) is 58.6 Å². The van der Waals surface area contributed by atoms with E-state index in [1.54, 1.807) is 11.0 Å². The van der Waals surface area contributed by atoms with Crippen molar-refractivity contribution >= 4 is 23.4 Å².